The SMILES string of the molecule is COc1c(-c2ccccc2)ccc(Cl)c1Cc1cc(Cc2c(Cl)ccc(-c3ccccc3)c2OC)c(O)c(S(=O)(=O)NCc2ccc(F)cc2)c1. The monoisotopic (exact) mass is 741 g/mol. The highest BCUT2D eigenvalue weighted by Crippen LogP contribution is 2.42. The van der Waals surface area contributed by atoms with Crippen LogP contribution in [-0.2, 0) is 29.4 Å². The molecule has 0 aliphatic heterocycles. The number of hydrogen-bond donors (Lipinski definition) is 2. The van der Waals surface area contributed by atoms with Crippen LogP contribution in [0.25, 0.3) is 22.3 Å². The van der Waals surface area contributed by atoms with E-state index in [0.29, 0.717) is 49.4 Å². The van der Waals surface area contributed by atoms with E-state index < -0.39 is 21.6 Å². The molecule has 0 saturated carbocycles. The van der Waals surface area contributed by atoms with Gasteiger partial charge in [-0.1, -0.05) is 102 Å². The lowest BCUT2D eigenvalue weighted by Crippen LogP contribution is -2.24. The Balaban J connectivity index is 1.48. The van der Waals surface area contributed by atoms with Crippen LogP contribution in [-0.4, -0.2) is 27.7 Å². The molecule has 0 radical (unpaired) electrons. The van der Waals surface area contributed by atoms with Crippen LogP contribution in [0.2, 0.25) is 10.0 Å². The highest BCUT2D eigenvalue weighted by molar-refractivity contribution is 7.89. The molecule has 0 bridgehead atoms. The first kappa shape index (κ1) is 35.9. The number of sulfonamides is 1. The normalized spacial score (nSPS) is 11.4. The molecular weight excluding hydrogens is 708 g/mol. The van der Waals surface area contributed by atoms with E-state index in [1.54, 1.807) is 32.4 Å². The molecule has 0 spiro atoms. The third-order valence-electron chi connectivity index (χ3n) is 8.62. The number of phenols is 1. The quantitative estimate of drug-likeness (QED) is 0.131. The van der Waals surface area contributed by atoms with Crippen molar-refractivity contribution in [3.63, 3.8) is 0 Å². The van der Waals surface area contributed by atoms with Crippen LogP contribution in [0.15, 0.2) is 126 Å². The van der Waals surface area contributed by atoms with Crippen molar-refractivity contribution in [1.82, 2.24) is 4.72 Å². The largest absolute Gasteiger partial charge is 0.506 e. The van der Waals surface area contributed by atoms with Crippen molar-refractivity contribution in [3.05, 3.63) is 165 Å². The van der Waals surface area contributed by atoms with Gasteiger partial charge in [0.25, 0.3) is 0 Å². The second-order valence-electron chi connectivity index (χ2n) is 11.9. The van der Waals surface area contributed by atoms with E-state index in [0.717, 1.165) is 22.3 Å². The number of rotatable bonds is 12. The van der Waals surface area contributed by atoms with Crippen molar-refractivity contribution in [1.29, 1.82) is 0 Å². The van der Waals surface area contributed by atoms with Gasteiger partial charge in [-0.2, -0.15) is 0 Å². The molecule has 0 heterocycles. The zero-order chi connectivity index (χ0) is 36.1. The molecule has 2 N–H and O–H groups in total. The predicted octanol–water partition coefficient (Wildman–Crippen LogP) is 9.85. The van der Waals surface area contributed by atoms with E-state index in [-0.39, 0.29) is 24.3 Å². The van der Waals surface area contributed by atoms with Crippen LogP contribution in [0.5, 0.6) is 17.2 Å². The standard InChI is InChI=1S/C41H34Cl2FNO5S/c1-49-40-32(28-9-5-3-6-10-28)17-19-36(42)34(40)22-27-21-30(24-35-37(43)20-18-33(41(35)50-2)29-11-7-4-8-12-29)39(46)38(23-27)51(47,48)45-25-26-13-15-31(44)16-14-26/h3-21,23,45-46H,22,24-25H2,1-2H3. The van der Waals surface area contributed by atoms with Crippen LogP contribution in [0.1, 0.15) is 27.8 Å². The van der Waals surface area contributed by atoms with E-state index in [1.807, 2.05) is 72.8 Å². The number of methoxy groups -OCH3 is 2. The van der Waals surface area contributed by atoms with Crippen molar-refractivity contribution < 1.29 is 27.4 Å². The second kappa shape index (κ2) is 15.6. The molecule has 0 aromatic heterocycles. The Morgan fingerprint density at radius 2 is 1.18 bits per heavy atom. The van der Waals surface area contributed by atoms with Gasteiger partial charge in [0.15, 0.2) is 0 Å². The molecule has 0 fully saturated rings. The molecule has 260 valence electrons. The Hall–Kier alpha value is -4.86. The van der Waals surface area contributed by atoms with Gasteiger partial charge in [-0.05, 0) is 64.7 Å². The Morgan fingerprint density at radius 1 is 0.667 bits per heavy atom. The molecule has 0 unspecified atom stereocenters. The van der Waals surface area contributed by atoms with Crippen LogP contribution < -0.4 is 14.2 Å². The Labute approximate surface area is 307 Å². The maximum atomic E-state index is 13.9. The van der Waals surface area contributed by atoms with Gasteiger partial charge < -0.3 is 14.6 Å². The van der Waals surface area contributed by atoms with Crippen molar-refractivity contribution in [2.45, 2.75) is 24.3 Å². The third-order valence-corrected chi connectivity index (χ3v) is 10.7. The van der Waals surface area contributed by atoms with Gasteiger partial charge in [0.2, 0.25) is 10.0 Å². The van der Waals surface area contributed by atoms with Gasteiger partial charge in [0.1, 0.15) is 28.0 Å². The van der Waals surface area contributed by atoms with Crippen LogP contribution >= 0.6 is 23.2 Å². The average molecular weight is 743 g/mol. The van der Waals surface area contributed by atoms with Gasteiger partial charge in [0, 0.05) is 57.2 Å². The molecule has 6 nitrogen and oxygen atoms in total. The fraction of sp³-hybridized carbons (Fsp3) is 0.122. The van der Waals surface area contributed by atoms with Crippen LogP contribution in [0.4, 0.5) is 4.39 Å². The van der Waals surface area contributed by atoms with Crippen molar-refractivity contribution >= 4 is 33.2 Å². The summed E-state index contributed by atoms with van der Waals surface area (Å²) < 4.78 is 55.7. The number of phenolic OH excluding ortho intramolecular Hbond substituents is 1. The Bertz CT molecular complexity index is 2290. The summed E-state index contributed by atoms with van der Waals surface area (Å²) in [6.07, 6.45) is 0.211. The van der Waals surface area contributed by atoms with Gasteiger partial charge in [-0.3, -0.25) is 0 Å². The zero-order valence-corrected chi connectivity index (χ0v) is 30.1. The molecule has 6 rings (SSSR count). The summed E-state index contributed by atoms with van der Waals surface area (Å²) >= 11 is 13.6. The minimum absolute atomic E-state index is 0.0394. The second-order valence-corrected chi connectivity index (χ2v) is 14.4. The first-order chi connectivity index (χ1) is 24.6. The number of halogens is 3. The number of aromatic hydroxyl groups is 1. The summed E-state index contributed by atoms with van der Waals surface area (Å²) in [7, 11) is -1.20. The maximum absolute atomic E-state index is 13.9. The number of benzene rings is 6. The number of hydrogen-bond acceptors (Lipinski definition) is 5. The molecule has 0 saturated heterocycles. The van der Waals surface area contributed by atoms with Crippen molar-refractivity contribution in [2.75, 3.05) is 14.2 Å². The summed E-state index contributed by atoms with van der Waals surface area (Å²) in [4.78, 5) is -0.333. The summed E-state index contributed by atoms with van der Waals surface area (Å²) in [5.74, 6) is 0.164. The van der Waals surface area contributed by atoms with Gasteiger partial charge in [0.05, 0.1) is 14.2 Å². The number of ether oxygens (including phenoxy) is 2. The van der Waals surface area contributed by atoms with Gasteiger partial charge >= 0.3 is 0 Å². The Kier molecular flexibility index (Phi) is 11.0. The lowest BCUT2D eigenvalue weighted by Gasteiger charge is -2.19. The first-order valence-corrected chi connectivity index (χ1v) is 18.2. The molecule has 6 aromatic rings. The molecule has 0 aliphatic rings. The van der Waals surface area contributed by atoms with Crippen LogP contribution in [0, 0.1) is 5.82 Å². The van der Waals surface area contributed by atoms with E-state index in [2.05, 4.69) is 4.72 Å². The maximum Gasteiger partial charge on any atom is 0.244 e. The summed E-state index contributed by atoms with van der Waals surface area (Å²) in [5, 5.41) is 12.5. The topological polar surface area (TPSA) is 84.9 Å². The highest BCUT2D eigenvalue weighted by atomic mass is 35.5. The average Bonchev–Trinajstić information content (AvgIpc) is 3.14. The lowest BCUT2D eigenvalue weighted by molar-refractivity contribution is 0.411. The Morgan fingerprint density at radius 3 is 1.69 bits per heavy atom. The van der Waals surface area contributed by atoms with Crippen LogP contribution in [0.3, 0.4) is 0 Å². The molecule has 0 atom stereocenters. The van der Waals surface area contributed by atoms with Gasteiger partial charge in [-0.15, -0.1) is 0 Å². The highest BCUT2D eigenvalue weighted by Gasteiger charge is 2.26. The molecular formula is C41H34Cl2FNO5S. The lowest BCUT2D eigenvalue weighted by atomic mass is 9.93. The number of nitrogens with one attached hydrogen (secondary N) is 1. The fourth-order valence-corrected chi connectivity index (χ4v) is 7.75. The van der Waals surface area contributed by atoms with E-state index in [9.17, 15) is 17.9 Å². The van der Waals surface area contributed by atoms with E-state index in [1.165, 1.54) is 30.3 Å². The van der Waals surface area contributed by atoms with E-state index in [4.69, 9.17) is 32.7 Å². The van der Waals surface area contributed by atoms with Crippen molar-refractivity contribution in [2.24, 2.45) is 0 Å². The van der Waals surface area contributed by atoms with Gasteiger partial charge in [-0.25, -0.2) is 17.5 Å². The fourth-order valence-electron chi connectivity index (χ4n) is 6.12. The minimum Gasteiger partial charge on any atom is -0.506 e. The van der Waals surface area contributed by atoms with E-state index >= 15 is 0 Å². The summed E-state index contributed by atoms with van der Waals surface area (Å²) in [6.45, 7) is -0.126. The summed E-state index contributed by atoms with van der Waals surface area (Å²) in [6, 6.07) is 35.3. The molecule has 6 aromatic carbocycles. The predicted molar refractivity (Wildman–Crippen MR) is 201 cm³/mol. The third kappa shape index (κ3) is 7.90. The zero-order valence-electron chi connectivity index (χ0n) is 27.8. The minimum atomic E-state index is -4.30. The smallest absolute Gasteiger partial charge is 0.244 e. The van der Waals surface area contributed by atoms with Crippen molar-refractivity contribution in [3.8, 4) is 39.5 Å². The molecule has 0 aliphatic carbocycles. The molecule has 51 heavy (non-hydrogen) atoms. The summed E-state index contributed by atoms with van der Waals surface area (Å²) in [5.41, 5.74) is 6.03. The molecule has 0 amide bonds. The molecule has 10 heteroatoms. The first-order valence-electron chi connectivity index (χ1n) is 16.0.